The van der Waals surface area contributed by atoms with Crippen molar-refractivity contribution in [3.8, 4) is 0 Å². The molecule has 4 nitrogen and oxygen atoms in total. The van der Waals surface area contributed by atoms with Gasteiger partial charge in [0.1, 0.15) is 5.82 Å². The molecule has 0 unspecified atom stereocenters. The number of H-pyrrole nitrogens is 1. The lowest BCUT2D eigenvalue weighted by Crippen LogP contribution is -2.26. The molecule has 2 N–H and O–H groups in total. The first-order valence-corrected chi connectivity index (χ1v) is 6.90. The molecule has 0 aliphatic heterocycles. The summed E-state index contributed by atoms with van der Waals surface area (Å²) in [5.41, 5.74) is 2.92. The van der Waals surface area contributed by atoms with Crippen molar-refractivity contribution in [2.24, 2.45) is 0 Å². The van der Waals surface area contributed by atoms with Gasteiger partial charge in [-0.2, -0.15) is 0 Å². The van der Waals surface area contributed by atoms with Crippen molar-refractivity contribution in [2.45, 2.75) is 39.8 Å². The average molecular weight is 271 g/mol. The van der Waals surface area contributed by atoms with Gasteiger partial charge in [-0.15, -0.1) is 0 Å². The van der Waals surface area contributed by atoms with Gasteiger partial charge in [0, 0.05) is 6.04 Å². The van der Waals surface area contributed by atoms with E-state index in [1.165, 1.54) is 0 Å². The van der Waals surface area contributed by atoms with Crippen LogP contribution in [0.3, 0.4) is 0 Å². The molecule has 1 atom stereocenters. The molecular weight excluding hydrogens is 250 g/mol. The molecular formula is C16H21N3O. The zero-order valence-electron chi connectivity index (χ0n) is 12.4. The second-order valence-electron chi connectivity index (χ2n) is 5.39. The molecule has 1 heterocycles. The third-order valence-corrected chi connectivity index (χ3v) is 3.03. The lowest BCUT2D eigenvalue weighted by molar-refractivity contribution is -0.112. The fraction of sp³-hybridized carbons (Fsp3) is 0.375. The van der Waals surface area contributed by atoms with E-state index in [2.05, 4.69) is 36.1 Å². The maximum Gasteiger partial charge on any atom is 0.152 e. The monoisotopic (exact) mass is 271 g/mol. The molecule has 0 bridgehead atoms. The van der Waals surface area contributed by atoms with Crippen LogP contribution < -0.4 is 5.32 Å². The van der Waals surface area contributed by atoms with Gasteiger partial charge in [-0.05, 0) is 37.6 Å². The van der Waals surface area contributed by atoms with E-state index in [1.807, 2.05) is 24.3 Å². The second-order valence-corrected chi connectivity index (χ2v) is 5.39. The molecule has 4 heteroatoms. The maximum absolute atomic E-state index is 11.0. The van der Waals surface area contributed by atoms with Gasteiger partial charge in [0.2, 0.25) is 0 Å². The summed E-state index contributed by atoms with van der Waals surface area (Å²) in [6.07, 6.45) is 3.39. The molecule has 0 amide bonds. The molecule has 0 spiro atoms. The van der Waals surface area contributed by atoms with Crippen LogP contribution in [-0.4, -0.2) is 21.8 Å². The first-order valence-electron chi connectivity index (χ1n) is 6.90. The van der Waals surface area contributed by atoms with Gasteiger partial charge >= 0.3 is 0 Å². The van der Waals surface area contributed by atoms with Crippen molar-refractivity contribution in [2.75, 3.05) is 0 Å². The highest BCUT2D eigenvalue weighted by atomic mass is 16.1. The number of carbonyl (C=O) groups is 1. The predicted octanol–water partition coefficient (Wildman–Crippen LogP) is 3.22. The van der Waals surface area contributed by atoms with Crippen LogP contribution in [0.4, 0.5) is 0 Å². The minimum Gasteiger partial charge on any atom is -0.341 e. The summed E-state index contributed by atoms with van der Waals surface area (Å²) in [7, 11) is 0. The van der Waals surface area contributed by atoms with Crippen LogP contribution in [0.25, 0.3) is 17.1 Å². The van der Waals surface area contributed by atoms with E-state index in [0.29, 0.717) is 6.04 Å². The van der Waals surface area contributed by atoms with Crippen LogP contribution in [0.2, 0.25) is 0 Å². The minimum atomic E-state index is 0.0464. The van der Waals surface area contributed by atoms with E-state index >= 15 is 0 Å². The number of ketones is 1. The zero-order chi connectivity index (χ0) is 14.7. The van der Waals surface area contributed by atoms with E-state index < -0.39 is 0 Å². The first-order chi connectivity index (χ1) is 9.45. The first kappa shape index (κ1) is 14.5. The Morgan fingerprint density at radius 1 is 1.35 bits per heavy atom. The van der Waals surface area contributed by atoms with E-state index in [9.17, 15) is 4.79 Å². The Balaban J connectivity index is 2.27. The number of imidazole rings is 1. The molecule has 0 fully saturated rings. The van der Waals surface area contributed by atoms with Gasteiger partial charge < -0.3 is 10.3 Å². The molecule has 0 saturated heterocycles. The SMILES string of the molecule is CC(=O)/C=C/c1ccc2nc([C@@H](C)NC(C)C)[nH]c2c1. The number of fused-ring (bicyclic) bond motifs is 1. The van der Waals surface area contributed by atoms with Crippen LogP contribution in [0.5, 0.6) is 0 Å². The maximum atomic E-state index is 11.0. The number of allylic oxidation sites excluding steroid dienone is 1. The molecule has 2 aromatic rings. The highest BCUT2D eigenvalue weighted by Gasteiger charge is 2.11. The number of nitrogens with zero attached hydrogens (tertiary/aromatic N) is 1. The fourth-order valence-electron chi connectivity index (χ4n) is 2.15. The van der Waals surface area contributed by atoms with E-state index in [1.54, 1.807) is 13.0 Å². The van der Waals surface area contributed by atoms with Gasteiger partial charge in [0.25, 0.3) is 0 Å². The molecule has 1 aromatic carbocycles. The summed E-state index contributed by atoms with van der Waals surface area (Å²) in [4.78, 5) is 18.9. The zero-order valence-corrected chi connectivity index (χ0v) is 12.4. The number of rotatable bonds is 5. The Morgan fingerprint density at radius 2 is 2.10 bits per heavy atom. The third-order valence-electron chi connectivity index (χ3n) is 3.03. The van der Waals surface area contributed by atoms with Crippen molar-refractivity contribution in [3.05, 3.63) is 35.7 Å². The number of aromatic amines is 1. The highest BCUT2D eigenvalue weighted by Crippen LogP contribution is 2.18. The van der Waals surface area contributed by atoms with Gasteiger partial charge in [0.05, 0.1) is 17.1 Å². The summed E-state index contributed by atoms with van der Waals surface area (Å²) in [5, 5.41) is 3.42. The summed E-state index contributed by atoms with van der Waals surface area (Å²) in [6.45, 7) is 7.87. The van der Waals surface area contributed by atoms with E-state index in [-0.39, 0.29) is 11.8 Å². The van der Waals surface area contributed by atoms with Gasteiger partial charge in [-0.25, -0.2) is 4.98 Å². The van der Waals surface area contributed by atoms with Crippen LogP contribution in [0.15, 0.2) is 24.3 Å². The van der Waals surface area contributed by atoms with Crippen LogP contribution in [0.1, 0.15) is 45.1 Å². The van der Waals surface area contributed by atoms with Crippen LogP contribution in [-0.2, 0) is 4.79 Å². The lowest BCUT2D eigenvalue weighted by Gasteiger charge is -2.13. The van der Waals surface area contributed by atoms with Gasteiger partial charge in [-0.3, -0.25) is 4.79 Å². The summed E-state index contributed by atoms with van der Waals surface area (Å²) in [6, 6.07) is 6.53. The van der Waals surface area contributed by atoms with Crippen molar-refractivity contribution in [1.29, 1.82) is 0 Å². The Hall–Kier alpha value is -1.94. The Morgan fingerprint density at radius 3 is 2.75 bits per heavy atom. The molecule has 106 valence electrons. The largest absolute Gasteiger partial charge is 0.341 e. The number of carbonyl (C=O) groups excluding carboxylic acids is 1. The highest BCUT2D eigenvalue weighted by molar-refractivity contribution is 5.92. The Labute approximate surface area is 119 Å². The number of aromatic nitrogens is 2. The summed E-state index contributed by atoms with van der Waals surface area (Å²) < 4.78 is 0. The standard InChI is InChI=1S/C16H21N3O/c1-10(2)17-12(4)16-18-14-8-7-13(6-5-11(3)20)9-15(14)19-16/h5-10,12,17H,1-4H3,(H,18,19)/b6-5+/t12-/m1/s1. The lowest BCUT2D eigenvalue weighted by atomic mass is 10.2. The Kier molecular flexibility index (Phi) is 4.35. The van der Waals surface area contributed by atoms with Crippen molar-refractivity contribution < 1.29 is 4.79 Å². The predicted molar refractivity (Wildman–Crippen MR) is 82.5 cm³/mol. The van der Waals surface area contributed by atoms with Crippen molar-refractivity contribution in [1.82, 2.24) is 15.3 Å². The molecule has 1 aromatic heterocycles. The summed E-state index contributed by atoms with van der Waals surface area (Å²) in [5.74, 6) is 0.978. The van der Waals surface area contributed by atoms with Crippen molar-refractivity contribution >= 4 is 22.9 Å². The molecule has 0 aliphatic carbocycles. The van der Waals surface area contributed by atoms with Crippen molar-refractivity contribution in [3.63, 3.8) is 0 Å². The number of benzene rings is 1. The summed E-state index contributed by atoms with van der Waals surface area (Å²) >= 11 is 0. The average Bonchev–Trinajstić information content (AvgIpc) is 2.78. The van der Waals surface area contributed by atoms with Gasteiger partial charge in [-0.1, -0.05) is 26.0 Å². The van der Waals surface area contributed by atoms with Gasteiger partial charge in [0.15, 0.2) is 5.78 Å². The Bertz CT molecular complexity index is 640. The van der Waals surface area contributed by atoms with E-state index in [0.717, 1.165) is 22.4 Å². The number of hydrogen-bond acceptors (Lipinski definition) is 3. The fourth-order valence-corrected chi connectivity index (χ4v) is 2.15. The number of hydrogen-bond donors (Lipinski definition) is 2. The third kappa shape index (κ3) is 3.54. The van der Waals surface area contributed by atoms with Crippen LogP contribution >= 0.6 is 0 Å². The molecule has 0 saturated carbocycles. The van der Waals surface area contributed by atoms with Crippen LogP contribution in [0, 0.1) is 0 Å². The normalized spacial score (nSPS) is 13.4. The molecule has 2 rings (SSSR count). The second kappa shape index (κ2) is 6.01. The van der Waals surface area contributed by atoms with E-state index in [4.69, 9.17) is 0 Å². The molecule has 0 radical (unpaired) electrons. The quantitative estimate of drug-likeness (QED) is 0.821. The minimum absolute atomic E-state index is 0.0464. The number of nitrogens with one attached hydrogen (secondary N) is 2. The smallest absolute Gasteiger partial charge is 0.152 e. The molecule has 20 heavy (non-hydrogen) atoms. The topological polar surface area (TPSA) is 57.8 Å². The molecule has 0 aliphatic rings.